The maximum absolute atomic E-state index is 12.1. The molecule has 1 saturated carbocycles. The van der Waals surface area contributed by atoms with Crippen molar-refractivity contribution in [3.05, 3.63) is 99.9 Å². The molecular weight excluding hydrogens is 795 g/mol. The van der Waals surface area contributed by atoms with Gasteiger partial charge in [0.25, 0.3) is 43.6 Å². The minimum Gasteiger partial charge on any atom is -0.408 e. The Labute approximate surface area is 336 Å². The number of allylic oxidation sites excluding steroid dienone is 8. The van der Waals surface area contributed by atoms with E-state index in [1.54, 1.807) is 6.07 Å². The molecule has 0 bridgehead atoms. The first kappa shape index (κ1) is 44.0. The average Bonchev–Trinajstić information content (AvgIpc) is 3.44. The van der Waals surface area contributed by atoms with Crippen LogP contribution in [0.25, 0.3) is 0 Å². The largest absolute Gasteiger partial charge is 0.408 e. The van der Waals surface area contributed by atoms with Crippen molar-refractivity contribution in [1.82, 2.24) is 0 Å². The van der Waals surface area contributed by atoms with Gasteiger partial charge in [-0.15, -0.1) is 0 Å². The van der Waals surface area contributed by atoms with Crippen molar-refractivity contribution < 1.29 is 53.0 Å². The van der Waals surface area contributed by atoms with Crippen molar-refractivity contribution in [2.75, 3.05) is 48.2 Å². The summed E-state index contributed by atoms with van der Waals surface area (Å²) >= 11 is 0. The number of fused-ring (bicyclic) bond motifs is 2. The lowest BCUT2D eigenvalue weighted by Crippen LogP contribution is -2.29. The summed E-state index contributed by atoms with van der Waals surface area (Å²) in [5, 5.41) is 0. The van der Waals surface area contributed by atoms with E-state index in [-0.39, 0.29) is 36.8 Å². The minimum absolute atomic E-state index is 0.0320. The predicted molar refractivity (Wildman–Crippen MR) is 220 cm³/mol. The van der Waals surface area contributed by atoms with Crippen molar-refractivity contribution in [2.45, 2.75) is 82.4 Å². The van der Waals surface area contributed by atoms with Crippen molar-refractivity contribution >= 4 is 53.9 Å². The van der Waals surface area contributed by atoms with Crippen LogP contribution in [0.15, 0.2) is 88.1 Å². The third-order valence-electron chi connectivity index (χ3n) is 10.9. The molecule has 14 nitrogen and oxygen atoms in total. The summed E-state index contributed by atoms with van der Waals surface area (Å²) in [4.78, 5) is 15.0. The number of hydrogen-bond acceptors (Lipinski definition) is 10. The van der Waals surface area contributed by atoms with Crippen LogP contribution in [0.1, 0.15) is 76.5 Å². The molecule has 1 aliphatic carbocycles. The van der Waals surface area contributed by atoms with Crippen molar-refractivity contribution in [3.8, 4) is 0 Å². The van der Waals surface area contributed by atoms with Gasteiger partial charge in [-0.2, -0.15) is 29.8 Å². The highest BCUT2D eigenvalue weighted by Crippen LogP contribution is 2.50. The third kappa shape index (κ3) is 9.95. The summed E-state index contributed by atoms with van der Waals surface area (Å²) in [6.07, 6.45) is 10.4. The monoisotopic (exact) mass is 846 g/mol. The molecule has 2 heterocycles. The zero-order chi connectivity index (χ0) is 42.1. The van der Waals surface area contributed by atoms with Gasteiger partial charge in [-0.25, -0.2) is 0 Å². The molecule has 0 amide bonds. The van der Waals surface area contributed by atoms with Gasteiger partial charge < -0.3 is 14.5 Å². The second-order valence-corrected chi connectivity index (χ2v) is 20.4. The summed E-state index contributed by atoms with van der Waals surface area (Å²) < 4.78 is 107. The van der Waals surface area contributed by atoms with Gasteiger partial charge in [0.05, 0.1) is 16.4 Å². The van der Waals surface area contributed by atoms with Crippen LogP contribution in [-0.4, -0.2) is 94.0 Å². The number of anilines is 2. The van der Waals surface area contributed by atoms with Crippen LogP contribution >= 0.6 is 0 Å². The van der Waals surface area contributed by atoms with Crippen LogP contribution in [0.5, 0.6) is 0 Å². The first-order valence-corrected chi connectivity index (χ1v) is 23.3. The Balaban J connectivity index is 1.61. The van der Waals surface area contributed by atoms with E-state index < -0.39 is 46.9 Å². The Morgan fingerprint density at radius 3 is 1.67 bits per heavy atom. The molecule has 0 atom stereocenters. The molecule has 3 N–H and O–H groups in total. The zero-order valence-corrected chi connectivity index (χ0v) is 35.5. The molecule has 2 aliphatic heterocycles. The molecule has 0 spiro atoms. The Kier molecular flexibility index (Phi) is 12.8. The van der Waals surface area contributed by atoms with E-state index in [4.69, 9.17) is 4.74 Å². The molecule has 0 aromatic heterocycles. The highest BCUT2D eigenvalue weighted by atomic mass is 32.2. The molecular formula is C40H52N3O11S3+. The highest BCUT2D eigenvalue weighted by molar-refractivity contribution is 7.86. The van der Waals surface area contributed by atoms with E-state index in [0.717, 1.165) is 51.5 Å². The molecule has 5 rings (SSSR count). The standard InChI is InChI=1S/C40H51N3O11S3/c1-28-12-16-34-32(24-28)39(2,3)36(42(34)20-8-22-55(45,46)47)18-13-29-10-7-11-30(38(29)41(6)26-54-27-44)14-19-37-40(4,5)33-25-31(57(51,52)53)15-17-35(33)43(37)21-9-23-56(48,49)50/h12-19,24-25,27H,7-11,20-23,26H2,1-6H3,(H2-,45,46,47,48,49,50,51,52,53)/p+1. The van der Waals surface area contributed by atoms with Gasteiger partial charge in [-0.1, -0.05) is 57.5 Å². The molecule has 3 aliphatic rings. The number of rotatable bonds is 14. The van der Waals surface area contributed by atoms with Gasteiger partial charge in [-0.3, -0.25) is 18.5 Å². The number of hydrogen-bond donors (Lipinski definition) is 3. The smallest absolute Gasteiger partial charge is 0.297 e. The highest BCUT2D eigenvalue weighted by Gasteiger charge is 2.42. The van der Waals surface area contributed by atoms with Crippen molar-refractivity contribution in [2.24, 2.45) is 0 Å². The first-order chi connectivity index (χ1) is 26.5. The van der Waals surface area contributed by atoms with Crippen LogP contribution in [0.4, 0.5) is 11.4 Å². The lowest BCUT2D eigenvalue weighted by Gasteiger charge is -2.27. The van der Waals surface area contributed by atoms with Crippen LogP contribution < -0.4 is 9.80 Å². The van der Waals surface area contributed by atoms with Gasteiger partial charge in [0, 0.05) is 57.8 Å². The molecule has 2 aromatic carbocycles. The number of benzene rings is 2. The maximum Gasteiger partial charge on any atom is 0.297 e. The summed E-state index contributed by atoms with van der Waals surface area (Å²) in [6, 6.07) is 10.5. The fraction of sp³-hybridized carbons (Fsp3) is 0.450. The zero-order valence-electron chi connectivity index (χ0n) is 33.1. The van der Waals surface area contributed by atoms with Crippen LogP contribution in [0, 0.1) is 6.92 Å². The Bertz CT molecular complexity index is 2430. The Morgan fingerprint density at radius 1 is 0.737 bits per heavy atom. The van der Waals surface area contributed by atoms with E-state index in [2.05, 4.69) is 24.8 Å². The maximum atomic E-state index is 12.1. The number of ether oxygens (including phenoxy) is 1. The Hall–Kier alpha value is -4.13. The van der Waals surface area contributed by atoms with Gasteiger partial charge in [-0.05, 0) is 86.6 Å². The molecule has 0 saturated heterocycles. The quantitative estimate of drug-likeness (QED) is 0.0905. The lowest BCUT2D eigenvalue weighted by atomic mass is 9.82. The van der Waals surface area contributed by atoms with Gasteiger partial charge in [0.2, 0.25) is 5.71 Å². The van der Waals surface area contributed by atoms with E-state index in [1.807, 2.05) is 73.7 Å². The fourth-order valence-corrected chi connectivity index (χ4v) is 9.68. The van der Waals surface area contributed by atoms with Crippen molar-refractivity contribution in [3.63, 3.8) is 0 Å². The second-order valence-electron chi connectivity index (χ2n) is 15.8. The summed E-state index contributed by atoms with van der Waals surface area (Å²) in [5.41, 5.74) is 7.57. The van der Waals surface area contributed by atoms with Gasteiger partial charge >= 0.3 is 0 Å². The van der Waals surface area contributed by atoms with E-state index in [1.165, 1.54) is 12.1 Å². The van der Waals surface area contributed by atoms with E-state index in [9.17, 15) is 43.7 Å². The number of carbonyl (C=O) groups is 1. The number of aryl methyl sites for hydroxylation is 1. The summed E-state index contributed by atoms with van der Waals surface area (Å²) in [6.45, 7) is 11.0. The predicted octanol–water partition coefficient (Wildman–Crippen LogP) is 5.71. The first-order valence-electron chi connectivity index (χ1n) is 18.6. The minimum atomic E-state index is -4.51. The molecule has 310 valence electrons. The van der Waals surface area contributed by atoms with Crippen LogP contribution in [0.2, 0.25) is 0 Å². The summed E-state index contributed by atoms with van der Waals surface area (Å²) in [7, 11) is -11.1. The van der Waals surface area contributed by atoms with Gasteiger partial charge in [0.15, 0.2) is 0 Å². The SMILES string of the molecule is Cc1ccc2c(c1)C(C)(C)/C(=C/C=C1\CCCC(=C/C=C3\N(CCCS(=O)(=O)O)c4ccc(S(=O)(=O)O)cc4C3(C)C)\C1=[N+](/C)COC=O)N2CCCS(=O)(=O)O. The molecule has 0 radical (unpaired) electrons. The second kappa shape index (κ2) is 16.6. The normalized spacial score (nSPS) is 21.7. The molecule has 17 heteroatoms. The number of nitrogens with zero attached hydrogens (tertiary/aromatic N) is 3. The summed E-state index contributed by atoms with van der Waals surface area (Å²) in [5.74, 6) is -0.844. The van der Waals surface area contributed by atoms with Crippen LogP contribution in [0.3, 0.4) is 0 Å². The molecule has 2 aromatic rings. The van der Waals surface area contributed by atoms with Crippen molar-refractivity contribution in [1.29, 1.82) is 0 Å². The molecule has 57 heavy (non-hydrogen) atoms. The average molecular weight is 847 g/mol. The molecule has 0 unspecified atom stereocenters. The third-order valence-corrected chi connectivity index (χ3v) is 13.3. The van der Waals surface area contributed by atoms with E-state index in [0.29, 0.717) is 37.1 Å². The topological polar surface area (TPSA) is 199 Å². The van der Waals surface area contributed by atoms with Gasteiger partial charge in [0.1, 0.15) is 7.05 Å². The molecule has 1 fully saturated rings. The van der Waals surface area contributed by atoms with Crippen LogP contribution in [-0.2, 0) is 50.7 Å². The fourth-order valence-electron chi connectivity index (χ4n) is 8.19. The lowest BCUT2D eigenvalue weighted by molar-refractivity contribution is -0.533. The van der Waals surface area contributed by atoms with E-state index >= 15 is 0 Å². The number of carbonyl (C=O) groups excluding carboxylic acids is 1. The Morgan fingerprint density at radius 2 is 1.21 bits per heavy atom.